The van der Waals surface area contributed by atoms with Crippen LogP contribution in [0.1, 0.15) is 39.2 Å². The van der Waals surface area contributed by atoms with Crippen molar-refractivity contribution >= 4 is 28.9 Å². The molecule has 0 saturated carbocycles. The number of aryl methyl sites for hydroxylation is 1. The lowest BCUT2D eigenvalue weighted by Crippen LogP contribution is -2.42. The Balaban J connectivity index is 2.56. The number of carbonyl (C=O) groups is 1. The third kappa shape index (κ3) is 6.43. The Morgan fingerprint density at radius 2 is 1.86 bits per heavy atom. The average molecular weight is 321 g/mol. The van der Waals surface area contributed by atoms with Crippen LogP contribution in [0.5, 0.6) is 0 Å². The topological polar surface area (TPSA) is 44.4 Å². The molecule has 0 spiro atoms. The van der Waals surface area contributed by atoms with Gasteiger partial charge in [0.05, 0.1) is 6.54 Å². The van der Waals surface area contributed by atoms with E-state index in [1.807, 2.05) is 30.9 Å². The monoisotopic (exact) mass is 321 g/mol. The van der Waals surface area contributed by atoms with E-state index in [0.717, 1.165) is 12.1 Å². The van der Waals surface area contributed by atoms with Gasteiger partial charge in [0, 0.05) is 18.8 Å². The molecular weight excluding hydrogens is 294 g/mol. The number of amides is 1. The summed E-state index contributed by atoms with van der Waals surface area (Å²) in [6.45, 7) is 7.70. The smallest absolute Gasteiger partial charge is 0.239 e. The van der Waals surface area contributed by atoms with Crippen molar-refractivity contribution in [1.82, 2.24) is 10.2 Å². The molecule has 4 nitrogen and oxygen atoms in total. The first-order valence-electron chi connectivity index (χ1n) is 8.02. The molecule has 0 fully saturated rings. The molecule has 0 heterocycles. The molecule has 22 heavy (non-hydrogen) atoms. The fraction of sp³-hybridized carbons (Fsp3) is 0.529. The van der Waals surface area contributed by atoms with Gasteiger partial charge in [-0.15, -0.1) is 0 Å². The van der Waals surface area contributed by atoms with E-state index in [1.54, 1.807) is 0 Å². The highest BCUT2D eigenvalue weighted by atomic mass is 32.1. The average Bonchev–Trinajstić information content (AvgIpc) is 2.52. The molecule has 0 radical (unpaired) electrons. The summed E-state index contributed by atoms with van der Waals surface area (Å²) >= 11 is 5.40. The lowest BCUT2D eigenvalue weighted by atomic mass is 10.1. The standard InChI is InChI=1S/C17H27N3OS/c1-4-7-8-14-9-11-15(12-10-14)19-17(22)20(6-3)13-16(21)18-5-2/h9-12H,4-8,13H2,1-3H3,(H,18,21)(H,19,22). The first-order valence-corrected chi connectivity index (χ1v) is 8.43. The van der Waals surface area contributed by atoms with Crippen molar-refractivity contribution in [2.45, 2.75) is 40.0 Å². The first-order chi connectivity index (χ1) is 10.6. The minimum Gasteiger partial charge on any atom is -0.355 e. The molecule has 0 aliphatic carbocycles. The second kappa shape index (κ2) is 10.2. The van der Waals surface area contributed by atoms with Gasteiger partial charge in [0.1, 0.15) is 0 Å². The van der Waals surface area contributed by atoms with E-state index in [0.29, 0.717) is 18.2 Å². The number of hydrogen-bond donors (Lipinski definition) is 2. The molecule has 0 aromatic heterocycles. The van der Waals surface area contributed by atoms with Crippen LogP contribution < -0.4 is 10.6 Å². The molecule has 0 aliphatic rings. The Morgan fingerprint density at radius 1 is 1.18 bits per heavy atom. The van der Waals surface area contributed by atoms with Crippen LogP contribution in [0.25, 0.3) is 0 Å². The first kappa shape index (κ1) is 18.4. The molecule has 122 valence electrons. The SMILES string of the molecule is CCCCc1ccc(NC(=S)N(CC)CC(=O)NCC)cc1. The lowest BCUT2D eigenvalue weighted by molar-refractivity contribution is -0.121. The molecule has 5 heteroatoms. The normalized spacial score (nSPS) is 10.1. The predicted octanol–water partition coefficient (Wildman–Crippen LogP) is 3.18. The zero-order valence-electron chi connectivity index (χ0n) is 13.8. The third-order valence-corrected chi connectivity index (χ3v) is 3.76. The van der Waals surface area contributed by atoms with Gasteiger partial charge in [0.2, 0.25) is 5.91 Å². The largest absolute Gasteiger partial charge is 0.355 e. The number of thiocarbonyl (C=S) groups is 1. The van der Waals surface area contributed by atoms with E-state index in [-0.39, 0.29) is 12.5 Å². The van der Waals surface area contributed by atoms with Crippen LogP contribution >= 0.6 is 12.2 Å². The van der Waals surface area contributed by atoms with Gasteiger partial charge in [-0.05, 0) is 56.6 Å². The van der Waals surface area contributed by atoms with Crippen LogP contribution in [-0.4, -0.2) is 35.6 Å². The number of rotatable bonds is 8. The van der Waals surface area contributed by atoms with Crippen LogP contribution in [0.4, 0.5) is 5.69 Å². The van der Waals surface area contributed by atoms with E-state index in [9.17, 15) is 4.79 Å². The molecule has 1 aromatic carbocycles. The maximum Gasteiger partial charge on any atom is 0.239 e. The summed E-state index contributed by atoms with van der Waals surface area (Å²) in [7, 11) is 0. The van der Waals surface area contributed by atoms with E-state index in [2.05, 4.69) is 29.7 Å². The van der Waals surface area contributed by atoms with Crippen molar-refractivity contribution in [1.29, 1.82) is 0 Å². The number of carbonyl (C=O) groups excluding carboxylic acids is 1. The van der Waals surface area contributed by atoms with Crippen molar-refractivity contribution in [3.63, 3.8) is 0 Å². The van der Waals surface area contributed by atoms with E-state index >= 15 is 0 Å². The van der Waals surface area contributed by atoms with E-state index < -0.39 is 0 Å². The van der Waals surface area contributed by atoms with E-state index in [1.165, 1.54) is 18.4 Å². The maximum atomic E-state index is 11.7. The minimum atomic E-state index is -0.0107. The van der Waals surface area contributed by atoms with Gasteiger partial charge in [-0.2, -0.15) is 0 Å². The molecular formula is C17H27N3OS. The summed E-state index contributed by atoms with van der Waals surface area (Å²) in [6, 6.07) is 8.33. The molecule has 1 rings (SSSR count). The fourth-order valence-corrected chi connectivity index (χ4v) is 2.40. The number of nitrogens with one attached hydrogen (secondary N) is 2. The number of hydrogen-bond acceptors (Lipinski definition) is 2. The predicted molar refractivity (Wildman–Crippen MR) is 97.2 cm³/mol. The number of unbranched alkanes of at least 4 members (excludes halogenated alkanes) is 1. The zero-order valence-corrected chi connectivity index (χ0v) is 14.6. The highest BCUT2D eigenvalue weighted by molar-refractivity contribution is 7.80. The van der Waals surface area contributed by atoms with E-state index in [4.69, 9.17) is 12.2 Å². The summed E-state index contributed by atoms with van der Waals surface area (Å²) in [5.41, 5.74) is 2.30. The van der Waals surface area contributed by atoms with Crippen LogP contribution in [0.2, 0.25) is 0 Å². The summed E-state index contributed by atoms with van der Waals surface area (Å²) < 4.78 is 0. The van der Waals surface area contributed by atoms with Crippen molar-refractivity contribution in [2.75, 3.05) is 25.0 Å². The van der Waals surface area contributed by atoms with Crippen LogP contribution in [-0.2, 0) is 11.2 Å². The van der Waals surface area contributed by atoms with Crippen LogP contribution in [0.3, 0.4) is 0 Å². The Kier molecular flexibility index (Phi) is 8.51. The number of likely N-dealkylation sites (N-methyl/N-ethyl adjacent to an activating group) is 2. The van der Waals surface area contributed by atoms with Gasteiger partial charge in [-0.1, -0.05) is 25.5 Å². The quantitative estimate of drug-likeness (QED) is 0.722. The van der Waals surface area contributed by atoms with Gasteiger partial charge in [-0.3, -0.25) is 4.79 Å². The highest BCUT2D eigenvalue weighted by Crippen LogP contribution is 2.12. The molecule has 0 aliphatic heterocycles. The molecule has 2 N–H and O–H groups in total. The number of anilines is 1. The van der Waals surface area contributed by atoms with Crippen molar-refractivity contribution in [3.8, 4) is 0 Å². The molecule has 0 bridgehead atoms. The molecule has 1 aromatic rings. The lowest BCUT2D eigenvalue weighted by Gasteiger charge is -2.23. The molecule has 0 atom stereocenters. The fourth-order valence-electron chi connectivity index (χ4n) is 2.09. The summed E-state index contributed by atoms with van der Waals surface area (Å²) in [5.74, 6) is -0.0107. The maximum absolute atomic E-state index is 11.7. The summed E-state index contributed by atoms with van der Waals surface area (Å²) in [5, 5.41) is 6.57. The van der Waals surface area contributed by atoms with Gasteiger partial charge >= 0.3 is 0 Å². The second-order valence-corrected chi connectivity index (χ2v) is 5.59. The zero-order chi connectivity index (χ0) is 16.4. The Morgan fingerprint density at radius 3 is 2.41 bits per heavy atom. The van der Waals surface area contributed by atoms with Crippen LogP contribution in [0, 0.1) is 0 Å². The Labute approximate surface area is 139 Å². The molecule has 0 unspecified atom stereocenters. The summed E-state index contributed by atoms with van der Waals surface area (Å²) in [4.78, 5) is 13.5. The van der Waals surface area contributed by atoms with Gasteiger partial charge in [0.25, 0.3) is 0 Å². The number of nitrogens with zero attached hydrogens (tertiary/aromatic N) is 1. The van der Waals surface area contributed by atoms with Crippen LogP contribution in [0.15, 0.2) is 24.3 Å². The summed E-state index contributed by atoms with van der Waals surface area (Å²) in [6.07, 6.45) is 3.52. The van der Waals surface area contributed by atoms with Crippen molar-refractivity contribution < 1.29 is 4.79 Å². The molecule has 0 saturated heterocycles. The van der Waals surface area contributed by atoms with Gasteiger partial charge < -0.3 is 15.5 Å². The third-order valence-electron chi connectivity index (χ3n) is 3.40. The van der Waals surface area contributed by atoms with Crippen molar-refractivity contribution in [3.05, 3.63) is 29.8 Å². The minimum absolute atomic E-state index is 0.0107. The van der Waals surface area contributed by atoms with Crippen molar-refractivity contribution in [2.24, 2.45) is 0 Å². The molecule has 1 amide bonds. The Hall–Kier alpha value is -1.62. The number of benzene rings is 1. The second-order valence-electron chi connectivity index (χ2n) is 5.20. The Bertz CT molecular complexity index is 473. The highest BCUT2D eigenvalue weighted by Gasteiger charge is 2.11. The van der Waals surface area contributed by atoms with Gasteiger partial charge in [0.15, 0.2) is 5.11 Å². The van der Waals surface area contributed by atoms with Gasteiger partial charge in [-0.25, -0.2) is 0 Å².